The molecular weight excluding hydrogens is 212 g/mol. The number of hydrogen-bond donors (Lipinski definition) is 1. The van der Waals surface area contributed by atoms with Gasteiger partial charge < -0.3 is 4.98 Å². The molecule has 0 bridgehead atoms. The van der Waals surface area contributed by atoms with E-state index >= 15 is 0 Å². The lowest BCUT2D eigenvalue weighted by molar-refractivity contribution is 0.694. The fourth-order valence-electron chi connectivity index (χ4n) is 2.01. The van der Waals surface area contributed by atoms with Gasteiger partial charge in [-0.25, -0.2) is 4.98 Å². The third-order valence-corrected chi connectivity index (χ3v) is 3.00. The highest BCUT2D eigenvalue weighted by Crippen LogP contribution is 2.12. The number of para-hydroxylation sites is 1. The van der Waals surface area contributed by atoms with Crippen LogP contribution in [-0.4, -0.2) is 9.97 Å². The van der Waals surface area contributed by atoms with Gasteiger partial charge in [0.15, 0.2) is 0 Å². The van der Waals surface area contributed by atoms with E-state index in [1.54, 1.807) is 0 Å². The fourth-order valence-corrected chi connectivity index (χ4v) is 2.01. The van der Waals surface area contributed by atoms with E-state index in [2.05, 4.69) is 16.9 Å². The van der Waals surface area contributed by atoms with Crippen LogP contribution in [-0.2, 0) is 6.42 Å². The summed E-state index contributed by atoms with van der Waals surface area (Å²) in [6.45, 7) is 4.16. The summed E-state index contributed by atoms with van der Waals surface area (Å²) in [5.74, 6) is 0.810. The average molecular weight is 230 g/mol. The van der Waals surface area contributed by atoms with Crippen molar-refractivity contribution in [2.45, 2.75) is 39.5 Å². The number of hydrogen-bond acceptors (Lipinski definition) is 2. The Morgan fingerprint density at radius 3 is 2.88 bits per heavy atom. The molecule has 0 aliphatic rings. The number of rotatable bonds is 4. The van der Waals surface area contributed by atoms with Gasteiger partial charge in [0.25, 0.3) is 5.56 Å². The fraction of sp³-hybridized carbons (Fsp3) is 0.429. The van der Waals surface area contributed by atoms with Crippen molar-refractivity contribution < 1.29 is 0 Å². The van der Waals surface area contributed by atoms with Gasteiger partial charge in [0.2, 0.25) is 0 Å². The van der Waals surface area contributed by atoms with E-state index in [0.29, 0.717) is 5.39 Å². The predicted molar refractivity (Wildman–Crippen MR) is 70.3 cm³/mol. The summed E-state index contributed by atoms with van der Waals surface area (Å²) < 4.78 is 0. The Bertz CT molecular complexity index is 572. The largest absolute Gasteiger partial charge is 0.310 e. The Labute approximate surface area is 101 Å². The van der Waals surface area contributed by atoms with Gasteiger partial charge in [-0.1, -0.05) is 31.9 Å². The molecule has 0 saturated carbocycles. The second kappa shape index (κ2) is 5.13. The molecule has 1 heterocycles. The van der Waals surface area contributed by atoms with Crippen molar-refractivity contribution in [3.05, 3.63) is 39.9 Å². The molecule has 0 amide bonds. The Morgan fingerprint density at radius 2 is 2.12 bits per heavy atom. The molecule has 0 aliphatic heterocycles. The number of fused-ring (bicyclic) bond motifs is 1. The summed E-state index contributed by atoms with van der Waals surface area (Å²) in [7, 11) is 0. The predicted octanol–water partition coefficient (Wildman–Crippen LogP) is 2.96. The highest BCUT2D eigenvalue weighted by Gasteiger charge is 2.05. The van der Waals surface area contributed by atoms with Gasteiger partial charge in [0.05, 0.1) is 10.9 Å². The van der Waals surface area contributed by atoms with E-state index in [1.807, 2.05) is 25.1 Å². The Kier molecular flexibility index (Phi) is 3.57. The molecule has 0 atom stereocenters. The topological polar surface area (TPSA) is 45.8 Å². The van der Waals surface area contributed by atoms with Crippen molar-refractivity contribution >= 4 is 10.9 Å². The van der Waals surface area contributed by atoms with Crippen LogP contribution in [0.2, 0.25) is 0 Å². The van der Waals surface area contributed by atoms with Gasteiger partial charge in [-0.05, 0) is 25.0 Å². The molecule has 0 fully saturated rings. The molecule has 1 aromatic carbocycles. The molecule has 0 unspecified atom stereocenters. The molecule has 0 aliphatic carbocycles. The number of aromatic amines is 1. The maximum absolute atomic E-state index is 11.9. The van der Waals surface area contributed by atoms with Crippen LogP contribution in [0.15, 0.2) is 23.0 Å². The molecule has 3 nitrogen and oxygen atoms in total. The molecule has 2 rings (SSSR count). The monoisotopic (exact) mass is 230 g/mol. The molecule has 1 N–H and O–H groups in total. The first-order valence-corrected chi connectivity index (χ1v) is 6.21. The van der Waals surface area contributed by atoms with Crippen molar-refractivity contribution in [1.82, 2.24) is 9.97 Å². The lowest BCUT2D eigenvalue weighted by Gasteiger charge is -2.04. The van der Waals surface area contributed by atoms with Gasteiger partial charge >= 0.3 is 0 Å². The zero-order valence-corrected chi connectivity index (χ0v) is 10.4. The van der Waals surface area contributed by atoms with Crippen LogP contribution in [0.1, 0.15) is 37.6 Å². The first-order chi connectivity index (χ1) is 8.22. The number of nitrogens with zero attached hydrogens (tertiary/aromatic N) is 1. The van der Waals surface area contributed by atoms with Crippen LogP contribution in [0.3, 0.4) is 0 Å². The molecule has 90 valence electrons. The van der Waals surface area contributed by atoms with Gasteiger partial charge in [-0.15, -0.1) is 0 Å². The third-order valence-electron chi connectivity index (χ3n) is 3.00. The Hall–Kier alpha value is -1.64. The molecule has 0 spiro atoms. The minimum Gasteiger partial charge on any atom is -0.310 e. The minimum absolute atomic E-state index is 0.0230. The van der Waals surface area contributed by atoms with Crippen LogP contribution < -0.4 is 5.56 Å². The summed E-state index contributed by atoms with van der Waals surface area (Å²) in [5, 5.41) is 0.684. The molecule has 0 radical (unpaired) electrons. The normalized spacial score (nSPS) is 10.9. The number of unbranched alkanes of at least 4 members (excludes halogenated alkanes) is 2. The highest BCUT2D eigenvalue weighted by molar-refractivity contribution is 5.80. The number of aromatic nitrogens is 2. The maximum Gasteiger partial charge on any atom is 0.258 e. The molecule has 1 aromatic heterocycles. The number of aryl methyl sites for hydroxylation is 2. The minimum atomic E-state index is -0.0230. The maximum atomic E-state index is 11.9. The summed E-state index contributed by atoms with van der Waals surface area (Å²) in [4.78, 5) is 19.3. The van der Waals surface area contributed by atoms with Gasteiger partial charge in [-0.3, -0.25) is 4.79 Å². The van der Waals surface area contributed by atoms with E-state index < -0.39 is 0 Å². The standard InChI is InChI=1S/C14H18N2O/c1-3-4-5-9-12-15-13-10(2)7-6-8-11(13)14(17)16-12/h6-8H,3-5,9H2,1-2H3,(H,15,16,17). The first kappa shape index (κ1) is 11.8. The van der Waals surface area contributed by atoms with E-state index in [1.165, 1.54) is 12.8 Å². The number of benzene rings is 1. The van der Waals surface area contributed by atoms with E-state index in [0.717, 1.165) is 29.7 Å². The second-order valence-corrected chi connectivity index (χ2v) is 4.44. The first-order valence-electron chi connectivity index (χ1n) is 6.21. The quantitative estimate of drug-likeness (QED) is 0.821. The zero-order valence-electron chi connectivity index (χ0n) is 10.4. The van der Waals surface area contributed by atoms with Crippen molar-refractivity contribution in [3.63, 3.8) is 0 Å². The highest BCUT2D eigenvalue weighted by atomic mass is 16.1. The third kappa shape index (κ3) is 2.54. The van der Waals surface area contributed by atoms with Crippen LogP contribution in [0.25, 0.3) is 10.9 Å². The number of nitrogens with one attached hydrogen (secondary N) is 1. The Morgan fingerprint density at radius 1 is 1.29 bits per heavy atom. The SMILES string of the molecule is CCCCCc1nc2c(C)cccc2c(=O)[nH]1. The summed E-state index contributed by atoms with van der Waals surface area (Å²) in [6, 6.07) is 5.71. The van der Waals surface area contributed by atoms with E-state index in [-0.39, 0.29) is 5.56 Å². The van der Waals surface area contributed by atoms with Crippen molar-refractivity contribution in [3.8, 4) is 0 Å². The van der Waals surface area contributed by atoms with Crippen molar-refractivity contribution in [2.75, 3.05) is 0 Å². The van der Waals surface area contributed by atoms with Crippen molar-refractivity contribution in [2.24, 2.45) is 0 Å². The molecule has 2 aromatic rings. The zero-order chi connectivity index (χ0) is 12.3. The van der Waals surface area contributed by atoms with Gasteiger partial charge in [-0.2, -0.15) is 0 Å². The molecule has 0 saturated heterocycles. The molecular formula is C14H18N2O. The van der Waals surface area contributed by atoms with Crippen LogP contribution in [0, 0.1) is 6.92 Å². The lowest BCUT2D eigenvalue weighted by atomic mass is 10.1. The molecule has 3 heteroatoms. The van der Waals surface area contributed by atoms with Crippen molar-refractivity contribution in [1.29, 1.82) is 0 Å². The second-order valence-electron chi connectivity index (χ2n) is 4.44. The lowest BCUT2D eigenvalue weighted by Crippen LogP contribution is -2.12. The van der Waals surface area contributed by atoms with E-state index in [9.17, 15) is 4.79 Å². The average Bonchev–Trinajstić information content (AvgIpc) is 2.31. The van der Waals surface area contributed by atoms with Crippen LogP contribution >= 0.6 is 0 Å². The molecule has 17 heavy (non-hydrogen) atoms. The van der Waals surface area contributed by atoms with Crippen LogP contribution in [0.5, 0.6) is 0 Å². The number of H-pyrrole nitrogens is 1. The van der Waals surface area contributed by atoms with E-state index in [4.69, 9.17) is 0 Å². The van der Waals surface area contributed by atoms with Crippen LogP contribution in [0.4, 0.5) is 0 Å². The van der Waals surface area contributed by atoms with Gasteiger partial charge in [0, 0.05) is 6.42 Å². The smallest absolute Gasteiger partial charge is 0.258 e. The summed E-state index contributed by atoms with van der Waals surface area (Å²) in [6.07, 6.45) is 4.29. The summed E-state index contributed by atoms with van der Waals surface area (Å²) >= 11 is 0. The Balaban J connectivity index is 2.40. The summed E-state index contributed by atoms with van der Waals surface area (Å²) in [5.41, 5.74) is 1.87. The van der Waals surface area contributed by atoms with Gasteiger partial charge in [0.1, 0.15) is 5.82 Å².